The molecule has 0 bridgehead atoms. The first-order valence-electron chi connectivity index (χ1n) is 9.28. The Bertz CT molecular complexity index is 929. The molecule has 3 aromatic rings. The van der Waals surface area contributed by atoms with E-state index in [0.717, 1.165) is 27.0 Å². The first-order valence-corrected chi connectivity index (χ1v) is 10.1. The zero-order chi connectivity index (χ0) is 20.0. The van der Waals surface area contributed by atoms with Gasteiger partial charge in [0.25, 0.3) is 0 Å². The van der Waals surface area contributed by atoms with E-state index in [9.17, 15) is 0 Å². The second kappa shape index (κ2) is 9.07. The summed E-state index contributed by atoms with van der Waals surface area (Å²) in [5.41, 5.74) is 7.49. The third-order valence-electron chi connectivity index (χ3n) is 4.36. The van der Waals surface area contributed by atoms with Gasteiger partial charge in [-0.25, -0.2) is 0 Å². The molecule has 3 aromatic carbocycles. The highest BCUT2D eigenvalue weighted by atomic mass is 79.9. The van der Waals surface area contributed by atoms with Crippen molar-refractivity contribution in [2.75, 3.05) is 5.43 Å². The van der Waals surface area contributed by atoms with Gasteiger partial charge in [0, 0.05) is 10.0 Å². The number of ether oxygens (including phenoxy) is 1. The van der Waals surface area contributed by atoms with Gasteiger partial charge in [0.1, 0.15) is 12.4 Å². The van der Waals surface area contributed by atoms with Crippen molar-refractivity contribution in [3.05, 3.63) is 94.0 Å². The maximum atomic E-state index is 6.07. The van der Waals surface area contributed by atoms with Crippen molar-refractivity contribution in [2.24, 2.45) is 5.10 Å². The van der Waals surface area contributed by atoms with Crippen LogP contribution in [0.5, 0.6) is 5.75 Å². The molecule has 0 aliphatic carbocycles. The standard InChI is InChI=1S/C24H25BrN2O/c1-24(2,3)20-11-9-18(10-12-20)17-28-23-14-13-21(25)15-19(23)16-26-27-22-7-5-4-6-8-22/h4-16,27H,17H2,1-3H3/b26-16+. The number of anilines is 1. The molecule has 0 aliphatic rings. The van der Waals surface area contributed by atoms with E-state index in [1.807, 2.05) is 48.5 Å². The summed E-state index contributed by atoms with van der Waals surface area (Å²) in [6, 6.07) is 24.4. The highest BCUT2D eigenvalue weighted by Gasteiger charge is 2.13. The molecule has 0 aliphatic heterocycles. The van der Waals surface area contributed by atoms with Crippen LogP contribution in [0.3, 0.4) is 0 Å². The van der Waals surface area contributed by atoms with Gasteiger partial charge in [0.2, 0.25) is 0 Å². The van der Waals surface area contributed by atoms with Gasteiger partial charge in [0.15, 0.2) is 0 Å². The second-order valence-electron chi connectivity index (χ2n) is 7.65. The molecular formula is C24H25BrN2O. The van der Waals surface area contributed by atoms with E-state index in [2.05, 4.69) is 71.5 Å². The number of hydrogen-bond acceptors (Lipinski definition) is 3. The number of nitrogens with one attached hydrogen (secondary N) is 1. The van der Waals surface area contributed by atoms with Crippen molar-refractivity contribution in [1.29, 1.82) is 0 Å². The lowest BCUT2D eigenvalue weighted by atomic mass is 9.87. The number of hydrogen-bond donors (Lipinski definition) is 1. The third-order valence-corrected chi connectivity index (χ3v) is 4.85. The summed E-state index contributed by atoms with van der Waals surface area (Å²) in [6.45, 7) is 7.17. The van der Waals surface area contributed by atoms with Gasteiger partial charge in [-0.2, -0.15) is 5.10 Å². The van der Waals surface area contributed by atoms with Gasteiger partial charge in [-0.15, -0.1) is 0 Å². The fraction of sp³-hybridized carbons (Fsp3) is 0.208. The Morgan fingerprint density at radius 1 is 0.964 bits per heavy atom. The Balaban J connectivity index is 1.68. The van der Waals surface area contributed by atoms with E-state index in [-0.39, 0.29) is 5.41 Å². The molecule has 4 heteroatoms. The molecule has 0 spiro atoms. The largest absolute Gasteiger partial charge is 0.488 e. The molecular weight excluding hydrogens is 412 g/mol. The Morgan fingerprint density at radius 3 is 2.36 bits per heavy atom. The highest BCUT2D eigenvalue weighted by molar-refractivity contribution is 9.10. The Morgan fingerprint density at radius 2 is 1.68 bits per heavy atom. The van der Waals surface area contributed by atoms with Gasteiger partial charge >= 0.3 is 0 Å². The molecule has 0 atom stereocenters. The minimum atomic E-state index is 0.153. The summed E-state index contributed by atoms with van der Waals surface area (Å²) in [4.78, 5) is 0. The predicted molar refractivity (Wildman–Crippen MR) is 121 cm³/mol. The van der Waals surface area contributed by atoms with E-state index < -0.39 is 0 Å². The quantitative estimate of drug-likeness (QED) is 0.341. The zero-order valence-corrected chi connectivity index (χ0v) is 18.0. The number of para-hydroxylation sites is 1. The van der Waals surface area contributed by atoms with Crippen LogP contribution >= 0.6 is 15.9 Å². The van der Waals surface area contributed by atoms with Crippen molar-refractivity contribution >= 4 is 27.8 Å². The number of rotatable bonds is 6. The molecule has 0 aromatic heterocycles. The van der Waals surface area contributed by atoms with Crippen LogP contribution in [0.2, 0.25) is 0 Å². The van der Waals surface area contributed by atoms with E-state index in [0.29, 0.717) is 6.61 Å². The summed E-state index contributed by atoms with van der Waals surface area (Å²) in [5, 5.41) is 4.33. The average Bonchev–Trinajstić information content (AvgIpc) is 2.68. The SMILES string of the molecule is CC(C)(C)c1ccc(COc2ccc(Br)cc2/C=N/Nc2ccccc2)cc1. The van der Waals surface area contributed by atoms with E-state index >= 15 is 0 Å². The molecule has 0 unspecified atom stereocenters. The van der Waals surface area contributed by atoms with Crippen molar-refractivity contribution in [3.63, 3.8) is 0 Å². The van der Waals surface area contributed by atoms with Crippen LogP contribution in [-0.4, -0.2) is 6.21 Å². The molecule has 0 heterocycles. The fourth-order valence-electron chi connectivity index (χ4n) is 2.70. The van der Waals surface area contributed by atoms with Gasteiger partial charge in [-0.1, -0.05) is 79.2 Å². The molecule has 0 saturated heterocycles. The molecule has 144 valence electrons. The fourth-order valence-corrected chi connectivity index (χ4v) is 3.08. The summed E-state index contributed by atoms with van der Waals surface area (Å²) >= 11 is 3.52. The van der Waals surface area contributed by atoms with Gasteiger partial charge in [-0.3, -0.25) is 5.43 Å². The number of halogens is 1. The monoisotopic (exact) mass is 436 g/mol. The average molecular weight is 437 g/mol. The molecule has 0 radical (unpaired) electrons. The molecule has 0 amide bonds. The number of hydrazone groups is 1. The lowest BCUT2D eigenvalue weighted by Crippen LogP contribution is -2.10. The third kappa shape index (κ3) is 5.70. The second-order valence-corrected chi connectivity index (χ2v) is 8.57. The van der Waals surface area contributed by atoms with Crippen LogP contribution in [0, 0.1) is 0 Å². The first kappa shape index (κ1) is 20.2. The van der Waals surface area contributed by atoms with Crippen molar-refractivity contribution in [3.8, 4) is 5.75 Å². The van der Waals surface area contributed by atoms with Crippen LogP contribution in [0.1, 0.15) is 37.5 Å². The lowest BCUT2D eigenvalue weighted by Gasteiger charge is -2.19. The Labute approximate surface area is 175 Å². The van der Waals surface area contributed by atoms with Crippen molar-refractivity contribution in [2.45, 2.75) is 32.8 Å². The maximum Gasteiger partial charge on any atom is 0.128 e. The molecule has 0 saturated carbocycles. The highest BCUT2D eigenvalue weighted by Crippen LogP contribution is 2.25. The van der Waals surface area contributed by atoms with Gasteiger partial charge in [-0.05, 0) is 46.9 Å². The minimum absolute atomic E-state index is 0.153. The van der Waals surface area contributed by atoms with Crippen LogP contribution in [0.4, 0.5) is 5.69 Å². The van der Waals surface area contributed by atoms with Crippen LogP contribution in [-0.2, 0) is 12.0 Å². The van der Waals surface area contributed by atoms with Crippen LogP contribution in [0.25, 0.3) is 0 Å². The maximum absolute atomic E-state index is 6.07. The van der Waals surface area contributed by atoms with E-state index in [1.54, 1.807) is 6.21 Å². The molecule has 1 N–H and O–H groups in total. The minimum Gasteiger partial charge on any atom is -0.488 e. The number of benzene rings is 3. The smallest absolute Gasteiger partial charge is 0.128 e. The summed E-state index contributed by atoms with van der Waals surface area (Å²) < 4.78 is 7.05. The van der Waals surface area contributed by atoms with Crippen LogP contribution in [0.15, 0.2) is 82.4 Å². The summed E-state index contributed by atoms with van der Waals surface area (Å²) in [5.74, 6) is 0.793. The predicted octanol–water partition coefficient (Wildman–Crippen LogP) is 6.77. The first-order chi connectivity index (χ1) is 13.4. The lowest BCUT2D eigenvalue weighted by molar-refractivity contribution is 0.305. The summed E-state index contributed by atoms with van der Waals surface area (Å²) in [7, 11) is 0. The van der Waals surface area contributed by atoms with Gasteiger partial charge in [0.05, 0.1) is 11.9 Å². The van der Waals surface area contributed by atoms with Crippen molar-refractivity contribution < 1.29 is 4.74 Å². The summed E-state index contributed by atoms with van der Waals surface area (Å²) in [6.07, 6.45) is 1.77. The Hall–Kier alpha value is -2.59. The topological polar surface area (TPSA) is 33.6 Å². The zero-order valence-electron chi connectivity index (χ0n) is 16.4. The molecule has 3 rings (SSSR count). The number of nitrogens with zero attached hydrogens (tertiary/aromatic N) is 1. The van der Waals surface area contributed by atoms with Crippen molar-refractivity contribution in [1.82, 2.24) is 0 Å². The molecule has 3 nitrogen and oxygen atoms in total. The molecule has 28 heavy (non-hydrogen) atoms. The van der Waals surface area contributed by atoms with E-state index in [1.165, 1.54) is 5.56 Å². The Kier molecular flexibility index (Phi) is 6.53. The normalized spacial score (nSPS) is 11.6. The van der Waals surface area contributed by atoms with Crippen LogP contribution < -0.4 is 10.2 Å². The van der Waals surface area contributed by atoms with Gasteiger partial charge < -0.3 is 4.74 Å². The van der Waals surface area contributed by atoms with E-state index in [4.69, 9.17) is 4.74 Å². The molecule has 0 fully saturated rings.